The molecule has 3 heterocycles. The molecule has 0 spiro atoms. The zero-order valence-corrected chi connectivity index (χ0v) is 22.3. The fourth-order valence-corrected chi connectivity index (χ4v) is 5.95. The number of aromatic amines is 1. The summed E-state index contributed by atoms with van der Waals surface area (Å²) >= 11 is 0. The first-order valence-corrected chi connectivity index (χ1v) is 13.2. The van der Waals surface area contributed by atoms with E-state index in [1.54, 1.807) is 7.11 Å². The van der Waals surface area contributed by atoms with Crippen LogP contribution >= 0.6 is 0 Å². The topological polar surface area (TPSA) is 76.7 Å². The molecule has 6 rings (SSSR count). The van der Waals surface area contributed by atoms with Gasteiger partial charge >= 0.3 is 6.09 Å². The van der Waals surface area contributed by atoms with Crippen LogP contribution in [-0.4, -0.2) is 46.8 Å². The molecule has 194 valence electrons. The Morgan fingerprint density at radius 1 is 1.14 bits per heavy atom. The van der Waals surface area contributed by atoms with Crippen molar-refractivity contribution in [3.63, 3.8) is 0 Å². The van der Waals surface area contributed by atoms with Crippen LogP contribution in [0.25, 0.3) is 22.4 Å². The van der Waals surface area contributed by atoms with Crippen LogP contribution in [0.5, 0.6) is 5.75 Å². The molecular formula is C30H35N3O4. The predicted octanol–water partition coefficient (Wildman–Crippen LogP) is 5.99. The molecule has 1 N–H and O–H groups in total. The number of benzene rings is 2. The van der Waals surface area contributed by atoms with E-state index >= 15 is 0 Å². The number of rotatable bonds is 3. The first-order chi connectivity index (χ1) is 17.7. The molecule has 7 heteroatoms. The summed E-state index contributed by atoms with van der Waals surface area (Å²) in [4.78, 5) is 23.6. The van der Waals surface area contributed by atoms with Crippen molar-refractivity contribution in [3.05, 3.63) is 58.5 Å². The summed E-state index contributed by atoms with van der Waals surface area (Å²) in [6.45, 7) is 9.58. The van der Waals surface area contributed by atoms with Gasteiger partial charge in [-0.05, 0) is 75.8 Å². The molecule has 1 aliphatic carbocycles. The van der Waals surface area contributed by atoms with Gasteiger partial charge < -0.3 is 19.2 Å². The average Bonchev–Trinajstić information content (AvgIpc) is 3.46. The van der Waals surface area contributed by atoms with E-state index in [2.05, 4.69) is 42.2 Å². The SMILES string of the molecule is COCC1CC(c2nc3c([nH]2)CCc2cc4c(cc2-3)OCc2cc(C)ccc2-4)N(C(=O)OC(C)(C)C)C1. The second kappa shape index (κ2) is 8.91. The Morgan fingerprint density at radius 2 is 1.97 bits per heavy atom. The number of H-pyrrole nitrogens is 1. The molecule has 2 atom stereocenters. The Bertz CT molecular complexity index is 1370. The summed E-state index contributed by atoms with van der Waals surface area (Å²) < 4.78 is 17.4. The minimum Gasteiger partial charge on any atom is -0.488 e. The molecule has 37 heavy (non-hydrogen) atoms. The minimum atomic E-state index is -0.557. The third-order valence-corrected chi connectivity index (χ3v) is 7.57. The molecule has 2 aliphatic heterocycles. The van der Waals surface area contributed by atoms with E-state index in [1.807, 2.05) is 25.7 Å². The lowest BCUT2D eigenvalue weighted by molar-refractivity contribution is 0.0208. The summed E-state index contributed by atoms with van der Waals surface area (Å²) in [5.74, 6) is 1.96. The highest BCUT2D eigenvalue weighted by molar-refractivity contribution is 5.82. The lowest BCUT2D eigenvalue weighted by atomic mass is 9.87. The van der Waals surface area contributed by atoms with Gasteiger partial charge in [-0.2, -0.15) is 0 Å². The number of imidazole rings is 1. The molecule has 2 aromatic carbocycles. The second-order valence-electron chi connectivity index (χ2n) is 11.6. The Morgan fingerprint density at radius 3 is 2.76 bits per heavy atom. The highest BCUT2D eigenvalue weighted by Crippen LogP contribution is 2.45. The van der Waals surface area contributed by atoms with Crippen molar-refractivity contribution in [2.75, 3.05) is 20.3 Å². The lowest BCUT2D eigenvalue weighted by Gasteiger charge is -2.27. The number of carbonyl (C=O) groups excluding carboxylic acids is 1. The van der Waals surface area contributed by atoms with Crippen molar-refractivity contribution >= 4 is 6.09 Å². The van der Waals surface area contributed by atoms with Crippen LogP contribution in [0.3, 0.4) is 0 Å². The number of ether oxygens (including phenoxy) is 3. The number of hydrogen-bond acceptors (Lipinski definition) is 5. The Balaban J connectivity index is 1.35. The number of aryl methyl sites for hydroxylation is 3. The summed E-state index contributed by atoms with van der Waals surface area (Å²) in [6, 6.07) is 10.9. The number of nitrogens with zero attached hydrogens (tertiary/aromatic N) is 2. The average molecular weight is 502 g/mol. The van der Waals surface area contributed by atoms with Crippen LogP contribution in [0.2, 0.25) is 0 Å². The number of nitrogens with one attached hydrogen (secondary N) is 1. The first kappa shape index (κ1) is 24.0. The number of amides is 1. The third kappa shape index (κ3) is 4.39. The molecule has 0 radical (unpaired) electrons. The van der Waals surface area contributed by atoms with Crippen LogP contribution in [0.15, 0.2) is 30.3 Å². The van der Waals surface area contributed by atoms with Gasteiger partial charge in [0.25, 0.3) is 0 Å². The largest absolute Gasteiger partial charge is 0.488 e. The zero-order valence-electron chi connectivity index (χ0n) is 22.3. The third-order valence-electron chi connectivity index (χ3n) is 7.57. The smallest absolute Gasteiger partial charge is 0.410 e. The number of hydrogen-bond donors (Lipinski definition) is 1. The van der Waals surface area contributed by atoms with E-state index in [1.165, 1.54) is 22.3 Å². The molecule has 3 aliphatic rings. The van der Waals surface area contributed by atoms with E-state index in [-0.39, 0.29) is 18.1 Å². The summed E-state index contributed by atoms with van der Waals surface area (Å²) in [7, 11) is 1.70. The van der Waals surface area contributed by atoms with Crippen molar-refractivity contribution in [2.45, 2.75) is 65.2 Å². The van der Waals surface area contributed by atoms with Crippen molar-refractivity contribution in [1.29, 1.82) is 0 Å². The van der Waals surface area contributed by atoms with Gasteiger partial charge in [-0.1, -0.05) is 23.8 Å². The molecule has 0 saturated carbocycles. The fraction of sp³-hybridized carbons (Fsp3) is 0.467. The number of aromatic nitrogens is 2. The maximum Gasteiger partial charge on any atom is 0.410 e. The van der Waals surface area contributed by atoms with E-state index in [0.29, 0.717) is 19.8 Å². The fourth-order valence-electron chi connectivity index (χ4n) is 5.95. The van der Waals surface area contributed by atoms with Gasteiger partial charge in [0.15, 0.2) is 0 Å². The normalized spacial score (nSPS) is 20.0. The molecule has 1 amide bonds. The highest BCUT2D eigenvalue weighted by atomic mass is 16.6. The molecule has 0 bridgehead atoms. The van der Waals surface area contributed by atoms with Crippen LogP contribution in [-0.2, 0) is 28.9 Å². The van der Waals surface area contributed by atoms with Gasteiger partial charge in [0, 0.05) is 36.4 Å². The van der Waals surface area contributed by atoms with Crippen LogP contribution in [0.1, 0.15) is 61.4 Å². The lowest BCUT2D eigenvalue weighted by Crippen LogP contribution is -2.37. The standard InChI is InChI=1S/C30H35N3O4/c1-17-6-8-21-20(10-17)16-36-26-13-22-19(12-23(21)26)7-9-24-27(22)32-28(31-24)25-11-18(15-35-5)14-33(25)29(34)37-30(2,3)4/h6,8,10,12-13,18,25H,7,9,11,14-16H2,1-5H3,(H,31,32). The van der Waals surface area contributed by atoms with Gasteiger partial charge in [-0.25, -0.2) is 9.78 Å². The number of carbonyl (C=O) groups is 1. The number of fused-ring (bicyclic) bond motifs is 6. The quantitative estimate of drug-likeness (QED) is 0.477. The second-order valence-corrected chi connectivity index (χ2v) is 11.6. The maximum absolute atomic E-state index is 13.1. The Hall–Kier alpha value is -3.32. The van der Waals surface area contributed by atoms with Crippen molar-refractivity contribution in [3.8, 4) is 28.1 Å². The van der Waals surface area contributed by atoms with Crippen LogP contribution in [0.4, 0.5) is 4.79 Å². The number of methoxy groups -OCH3 is 1. The van der Waals surface area contributed by atoms with E-state index < -0.39 is 5.60 Å². The van der Waals surface area contributed by atoms with E-state index in [4.69, 9.17) is 19.2 Å². The minimum absolute atomic E-state index is 0.173. The van der Waals surface area contributed by atoms with Gasteiger partial charge in [-0.3, -0.25) is 4.90 Å². The van der Waals surface area contributed by atoms with Crippen molar-refractivity contribution in [2.24, 2.45) is 5.92 Å². The van der Waals surface area contributed by atoms with Crippen molar-refractivity contribution < 1.29 is 19.0 Å². The van der Waals surface area contributed by atoms with E-state index in [9.17, 15) is 4.79 Å². The maximum atomic E-state index is 13.1. The summed E-state index contributed by atoms with van der Waals surface area (Å²) in [5.41, 5.74) is 8.84. The van der Waals surface area contributed by atoms with Gasteiger partial charge in [0.2, 0.25) is 0 Å². The van der Waals surface area contributed by atoms with Crippen LogP contribution < -0.4 is 4.74 Å². The molecule has 3 aromatic rings. The van der Waals surface area contributed by atoms with Crippen LogP contribution in [0, 0.1) is 12.8 Å². The molecule has 1 saturated heterocycles. The monoisotopic (exact) mass is 501 g/mol. The summed E-state index contributed by atoms with van der Waals surface area (Å²) in [5, 5.41) is 0. The molecule has 1 fully saturated rings. The number of likely N-dealkylation sites (tertiary alicyclic amines) is 1. The van der Waals surface area contributed by atoms with Gasteiger partial charge in [-0.15, -0.1) is 0 Å². The molecule has 2 unspecified atom stereocenters. The van der Waals surface area contributed by atoms with Gasteiger partial charge in [0.1, 0.15) is 23.8 Å². The highest BCUT2D eigenvalue weighted by Gasteiger charge is 2.40. The Labute approximate surface area is 218 Å². The molecular weight excluding hydrogens is 466 g/mol. The van der Waals surface area contributed by atoms with Crippen molar-refractivity contribution in [1.82, 2.24) is 14.9 Å². The first-order valence-electron chi connectivity index (χ1n) is 13.2. The Kier molecular flexibility index (Phi) is 5.79. The van der Waals surface area contributed by atoms with Gasteiger partial charge in [0.05, 0.1) is 18.3 Å². The summed E-state index contributed by atoms with van der Waals surface area (Å²) in [6.07, 6.45) is 2.31. The molecule has 1 aromatic heterocycles. The predicted molar refractivity (Wildman–Crippen MR) is 142 cm³/mol. The zero-order chi connectivity index (χ0) is 25.9. The van der Waals surface area contributed by atoms with E-state index in [0.717, 1.165) is 53.4 Å². The molecule has 7 nitrogen and oxygen atoms in total.